The first-order valence-corrected chi connectivity index (χ1v) is 9.65. The molecule has 0 aliphatic rings. The molecule has 4 nitrogen and oxygen atoms in total. The highest BCUT2D eigenvalue weighted by Crippen LogP contribution is 2.30. The van der Waals surface area contributed by atoms with Gasteiger partial charge in [0, 0.05) is 28.9 Å². The second kappa shape index (κ2) is 8.69. The van der Waals surface area contributed by atoms with E-state index in [2.05, 4.69) is 19.1 Å². The smallest absolute Gasteiger partial charge is 0.260 e. The van der Waals surface area contributed by atoms with Crippen LogP contribution in [0.3, 0.4) is 0 Å². The van der Waals surface area contributed by atoms with Crippen molar-refractivity contribution < 1.29 is 0 Å². The predicted molar refractivity (Wildman–Crippen MR) is 113 cm³/mol. The number of benzene rings is 2. The van der Waals surface area contributed by atoms with Crippen LogP contribution in [0.1, 0.15) is 42.1 Å². The Bertz CT molecular complexity index is 1090. The lowest BCUT2D eigenvalue weighted by atomic mass is 9.97. The van der Waals surface area contributed by atoms with Crippen molar-refractivity contribution in [1.82, 2.24) is 4.57 Å². The molecular formula is C24H25N3O. The maximum absolute atomic E-state index is 13.4. The van der Waals surface area contributed by atoms with Crippen molar-refractivity contribution in [3.8, 4) is 22.9 Å². The van der Waals surface area contributed by atoms with E-state index in [0.717, 1.165) is 47.3 Å². The monoisotopic (exact) mass is 371 g/mol. The Balaban J connectivity index is 2.34. The van der Waals surface area contributed by atoms with Gasteiger partial charge in [0.15, 0.2) is 0 Å². The second-order valence-corrected chi connectivity index (χ2v) is 6.92. The van der Waals surface area contributed by atoms with Crippen molar-refractivity contribution in [2.45, 2.75) is 39.7 Å². The number of rotatable bonds is 6. The number of pyridine rings is 1. The van der Waals surface area contributed by atoms with Gasteiger partial charge in [-0.15, -0.1) is 0 Å². The largest absolute Gasteiger partial charge is 0.326 e. The van der Waals surface area contributed by atoms with E-state index in [1.165, 1.54) is 0 Å². The van der Waals surface area contributed by atoms with Crippen molar-refractivity contribution in [3.63, 3.8) is 0 Å². The van der Waals surface area contributed by atoms with E-state index < -0.39 is 0 Å². The van der Waals surface area contributed by atoms with Crippen molar-refractivity contribution in [1.29, 1.82) is 5.26 Å². The summed E-state index contributed by atoms with van der Waals surface area (Å²) in [7, 11) is 0. The topological polar surface area (TPSA) is 71.8 Å². The normalized spacial score (nSPS) is 10.6. The van der Waals surface area contributed by atoms with Gasteiger partial charge in [0.2, 0.25) is 0 Å². The number of nitriles is 1. The minimum absolute atomic E-state index is 0.0736. The molecule has 28 heavy (non-hydrogen) atoms. The van der Waals surface area contributed by atoms with E-state index in [9.17, 15) is 10.1 Å². The number of para-hydroxylation sites is 1. The van der Waals surface area contributed by atoms with Crippen molar-refractivity contribution >= 4 is 0 Å². The molecule has 4 heteroatoms. The maximum Gasteiger partial charge on any atom is 0.260 e. The summed E-state index contributed by atoms with van der Waals surface area (Å²) in [6, 6.07) is 19.6. The van der Waals surface area contributed by atoms with E-state index in [0.29, 0.717) is 11.1 Å². The van der Waals surface area contributed by atoms with Crippen molar-refractivity contribution in [2.75, 3.05) is 0 Å². The van der Waals surface area contributed by atoms with Gasteiger partial charge in [0.05, 0.1) is 17.3 Å². The Morgan fingerprint density at radius 2 is 1.75 bits per heavy atom. The molecule has 0 radical (unpaired) electrons. The summed E-state index contributed by atoms with van der Waals surface area (Å²) in [6.07, 6.45) is 2.86. The number of hydrogen-bond donors (Lipinski definition) is 1. The van der Waals surface area contributed by atoms with E-state index in [1.807, 2.05) is 49.4 Å². The van der Waals surface area contributed by atoms with Gasteiger partial charge in [0.1, 0.15) is 0 Å². The van der Waals surface area contributed by atoms with Gasteiger partial charge in [-0.1, -0.05) is 49.7 Å². The fraction of sp³-hybridized carbons (Fsp3) is 0.250. The minimum atomic E-state index is -0.0736. The summed E-state index contributed by atoms with van der Waals surface area (Å²) in [6.45, 7) is 4.29. The molecule has 2 aromatic carbocycles. The van der Waals surface area contributed by atoms with Crippen LogP contribution in [0, 0.1) is 18.3 Å². The zero-order chi connectivity index (χ0) is 20.1. The van der Waals surface area contributed by atoms with Crippen LogP contribution in [0.15, 0.2) is 59.4 Å². The van der Waals surface area contributed by atoms with Crippen LogP contribution in [0.5, 0.6) is 0 Å². The molecule has 0 spiro atoms. The molecular weight excluding hydrogens is 346 g/mol. The molecule has 0 saturated heterocycles. The highest BCUT2D eigenvalue weighted by Gasteiger charge is 2.17. The predicted octanol–water partition coefficient (Wildman–Crippen LogP) is 4.49. The summed E-state index contributed by atoms with van der Waals surface area (Å²) in [5.41, 5.74) is 11.4. The average molecular weight is 371 g/mol. The molecule has 0 saturated carbocycles. The van der Waals surface area contributed by atoms with Crippen LogP contribution in [0.2, 0.25) is 0 Å². The summed E-state index contributed by atoms with van der Waals surface area (Å²) < 4.78 is 1.79. The molecule has 1 aromatic heterocycles. The Morgan fingerprint density at radius 3 is 2.43 bits per heavy atom. The number of nitrogens with zero attached hydrogens (tertiary/aromatic N) is 2. The van der Waals surface area contributed by atoms with E-state index in [-0.39, 0.29) is 12.1 Å². The quantitative estimate of drug-likeness (QED) is 0.694. The minimum Gasteiger partial charge on any atom is -0.326 e. The highest BCUT2D eigenvalue weighted by molar-refractivity contribution is 5.77. The zero-order valence-electron chi connectivity index (χ0n) is 16.4. The van der Waals surface area contributed by atoms with Crippen LogP contribution >= 0.6 is 0 Å². The van der Waals surface area contributed by atoms with Gasteiger partial charge in [-0.3, -0.25) is 9.36 Å². The van der Waals surface area contributed by atoms with Crippen LogP contribution in [-0.2, 0) is 13.0 Å². The molecule has 0 aliphatic carbocycles. The SMILES string of the molecule is CCCCc1cc(C)c(CN)c(=O)n1-c1ccccc1-c1ccccc1C#N. The van der Waals surface area contributed by atoms with Gasteiger partial charge >= 0.3 is 0 Å². The first-order valence-electron chi connectivity index (χ1n) is 9.65. The molecule has 0 bridgehead atoms. The number of aromatic nitrogens is 1. The molecule has 0 aliphatic heterocycles. The summed E-state index contributed by atoms with van der Waals surface area (Å²) in [5.74, 6) is 0. The molecule has 2 N–H and O–H groups in total. The Kier molecular flexibility index (Phi) is 6.08. The molecule has 0 fully saturated rings. The van der Waals surface area contributed by atoms with E-state index in [4.69, 9.17) is 5.73 Å². The molecule has 0 atom stereocenters. The fourth-order valence-electron chi connectivity index (χ4n) is 3.60. The standard InChI is InChI=1S/C24H25N3O/c1-3-4-10-19-14-17(2)22(16-26)24(28)27(19)23-13-8-7-12-21(23)20-11-6-5-9-18(20)15-25/h5-9,11-14H,3-4,10,16,26H2,1-2H3. The highest BCUT2D eigenvalue weighted by atomic mass is 16.1. The molecule has 1 heterocycles. The van der Waals surface area contributed by atoms with Gasteiger partial charge in [0.25, 0.3) is 5.56 Å². The van der Waals surface area contributed by atoms with Crippen LogP contribution in [0.25, 0.3) is 16.8 Å². The fourth-order valence-corrected chi connectivity index (χ4v) is 3.60. The van der Waals surface area contributed by atoms with Gasteiger partial charge < -0.3 is 5.73 Å². The number of aryl methyl sites for hydroxylation is 2. The third-order valence-electron chi connectivity index (χ3n) is 5.08. The first-order chi connectivity index (χ1) is 13.6. The second-order valence-electron chi connectivity index (χ2n) is 6.92. The Labute approximate surface area is 165 Å². The molecule has 3 rings (SSSR count). The lowest BCUT2D eigenvalue weighted by molar-refractivity contribution is 0.737. The first kappa shape index (κ1) is 19.6. The van der Waals surface area contributed by atoms with Gasteiger partial charge in [-0.05, 0) is 43.5 Å². The van der Waals surface area contributed by atoms with Crippen molar-refractivity contribution in [3.05, 3.63) is 87.3 Å². The zero-order valence-corrected chi connectivity index (χ0v) is 16.4. The van der Waals surface area contributed by atoms with E-state index >= 15 is 0 Å². The summed E-state index contributed by atoms with van der Waals surface area (Å²) >= 11 is 0. The Morgan fingerprint density at radius 1 is 1.07 bits per heavy atom. The lowest BCUT2D eigenvalue weighted by Gasteiger charge is -2.19. The average Bonchev–Trinajstić information content (AvgIpc) is 2.72. The molecule has 0 amide bonds. The summed E-state index contributed by atoms with van der Waals surface area (Å²) in [4.78, 5) is 13.4. The Hall–Kier alpha value is -3.16. The molecule has 0 unspecified atom stereocenters. The van der Waals surface area contributed by atoms with Crippen molar-refractivity contribution in [2.24, 2.45) is 5.73 Å². The van der Waals surface area contributed by atoms with Crippen LogP contribution in [-0.4, -0.2) is 4.57 Å². The van der Waals surface area contributed by atoms with Gasteiger partial charge in [-0.25, -0.2) is 0 Å². The molecule has 3 aromatic rings. The summed E-state index contributed by atoms with van der Waals surface area (Å²) in [5, 5.41) is 9.55. The van der Waals surface area contributed by atoms with Crippen LogP contribution < -0.4 is 11.3 Å². The molecule has 142 valence electrons. The van der Waals surface area contributed by atoms with Crippen LogP contribution in [0.4, 0.5) is 0 Å². The number of hydrogen-bond acceptors (Lipinski definition) is 3. The van der Waals surface area contributed by atoms with Gasteiger partial charge in [-0.2, -0.15) is 5.26 Å². The van der Waals surface area contributed by atoms with E-state index in [1.54, 1.807) is 10.6 Å². The number of unbranched alkanes of at least 4 members (excludes halogenated alkanes) is 1. The number of nitrogens with two attached hydrogens (primary N) is 1. The lowest BCUT2D eigenvalue weighted by Crippen LogP contribution is -2.28. The maximum atomic E-state index is 13.4. The third kappa shape index (κ3) is 3.62. The third-order valence-corrected chi connectivity index (χ3v) is 5.08.